The Labute approximate surface area is 88.7 Å². The second-order valence-electron chi connectivity index (χ2n) is 3.30. The van der Waals surface area contributed by atoms with Crippen LogP contribution in [0, 0.1) is 5.82 Å². The Balaban J connectivity index is 2.15. The molecular weight excluding hydrogens is 186 g/mol. The van der Waals surface area contributed by atoms with E-state index in [4.69, 9.17) is 0 Å². The fraction of sp³-hybridized carbons (Fsp3) is 0. The first-order valence-corrected chi connectivity index (χ1v) is 4.83. The summed E-state index contributed by atoms with van der Waals surface area (Å²) in [5, 5.41) is 0. The first kappa shape index (κ1) is 9.66. The lowest BCUT2D eigenvalue weighted by Crippen LogP contribution is -1.74. The van der Waals surface area contributed by atoms with Gasteiger partial charge in [-0.25, -0.2) is 4.39 Å². The summed E-state index contributed by atoms with van der Waals surface area (Å²) in [6, 6.07) is 16.5. The molecule has 0 saturated heterocycles. The Kier molecular flexibility index (Phi) is 2.93. The zero-order valence-electron chi connectivity index (χ0n) is 8.23. The molecule has 0 fully saturated rings. The van der Waals surface area contributed by atoms with Crippen LogP contribution in [0.4, 0.5) is 4.39 Å². The van der Waals surface area contributed by atoms with Gasteiger partial charge in [0.05, 0.1) is 0 Å². The molecule has 0 N–H and O–H groups in total. The lowest BCUT2D eigenvalue weighted by atomic mass is 10.1. The van der Waals surface area contributed by atoms with Crippen molar-refractivity contribution in [2.24, 2.45) is 0 Å². The molecule has 0 aromatic heterocycles. The summed E-state index contributed by atoms with van der Waals surface area (Å²) in [5.41, 5.74) is 2.14. The van der Waals surface area contributed by atoms with E-state index in [0.717, 1.165) is 11.1 Å². The highest BCUT2D eigenvalue weighted by Gasteiger charge is 1.88. The average Bonchev–Trinajstić information content (AvgIpc) is 2.30. The zero-order chi connectivity index (χ0) is 10.5. The topological polar surface area (TPSA) is 0 Å². The average molecular weight is 197 g/mol. The third-order valence-electron chi connectivity index (χ3n) is 2.14. The van der Waals surface area contributed by atoms with E-state index >= 15 is 0 Å². The predicted molar refractivity (Wildman–Crippen MR) is 61.8 cm³/mol. The van der Waals surface area contributed by atoms with Gasteiger partial charge in [0.2, 0.25) is 0 Å². The molecule has 0 aliphatic rings. The summed E-state index contributed by atoms with van der Waals surface area (Å²) in [6.45, 7) is 0. The number of halogens is 1. The van der Waals surface area contributed by atoms with Gasteiger partial charge >= 0.3 is 0 Å². The van der Waals surface area contributed by atoms with Crippen LogP contribution in [0.25, 0.3) is 12.2 Å². The van der Waals surface area contributed by atoms with Gasteiger partial charge in [0.1, 0.15) is 5.82 Å². The van der Waals surface area contributed by atoms with E-state index in [9.17, 15) is 4.39 Å². The molecule has 0 aliphatic heterocycles. The maximum atomic E-state index is 12.6. The van der Waals surface area contributed by atoms with Crippen molar-refractivity contribution in [1.82, 2.24) is 0 Å². The molecule has 2 aromatic carbocycles. The van der Waals surface area contributed by atoms with Crippen LogP contribution in [0.3, 0.4) is 0 Å². The molecule has 0 radical (unpaired) electrons. The maximum Gasteiger partial charge on any atom is 0.123 e. The summed E-state index contributed by atoms with van der Waals surface area (Å²) in [7, 11) is 0. The van der Waals surface area contributed by atoms with E-state index in [1.54, 1.807) is 12.1 Å². The molecule has 0 aliphatic carbocycles. The normalized spacial score (nSPS) is 10.7. The van der Waals surface area contributed by atoms with E-state index in [0.29, 0.717) is 0 Å². The SMILES string of the molecule is [18F]c1ccc(/C=C/c2ccccc2)cc1. The van der Waals surface area contributed by atoms with E-state index in [1.165, 1.54) is 12.1 Å². The summed E-state index contributed by atoms with van der Waals surface area (Å²) in [6.07, 6.45) is 3.97. The summed E-state index contributed by atoms with van der Waals surface area (Å²) in [4.78, 5) is 0. The molecule has 1 heteroatoms. The minimum Gasteiger partial charge on any atom is -0.207 e. The molecule has 0 nitrogen and oxygen atoms in total. The molecule has 74 valence electrons. The molecule has 0 saturated carbocycles. The van der Waals surface area contributed by atoms with Crippen molar-refractivity contribution in [3.8, 4) is 0 Å². The van der Waals surface area contributed by atoms with Crippen LogP contribution in [0.15, 0.2) is 54.6 Å². The molecule has 0 heterocycles. The third kappa shape index (κ3) is 2.78. The summed E-state index contributed by atoms with van der Waals surface area (Å²) >= 11 is 0. The van der Waals surface area contributed by atoms with Crippen LogP contribution in [-0.2, 0) is 0 Å². The predicted octanol–water partition coefficient (Wildman–Crippen LogP) is 4.00. The van der Waals surface area contributed by atoms with Crippen molar-refractivity contribution < 1.29 is 4.39 Å². The number of hydrogen-bond acceptors (Lipinski definition) is 0. The Morgan fingerprint density at radius 3 is 1.80 bits per heavy atom. The Morgan fingerprint density at radius 2 is 1.20 bits per heavy atom. The van der Waals surface area contributed by atoms with Gasteiger partial charge in [-0.05, 0) is 23.3 Å². The van der Waals surface area contributed by atoms with Crippen LogP contribution in [-0.4, -0.2) is 0 Å². The lowest BCUT2D eigenvalue weighted by molar-refractivity contribution is 0.628. The molecule has 0 unspecified atom stereocenters. The Bertz CT molecular complexity index is 441. The van der Waals surface area contributed by atoms with Crippen molar-refractivity contribution in [2.75, 3.05) is 0 Å². The fourth-order valence-electron chi connectivity index (χ4n) is 1.33. The smallest absolute Gasteiger partial charge is 0.123 e. The van der Waals surface area contributed by atoms with Gasteiger partial charge in [0.25, 0.3) is 0 Å². The van der Waals surface area contributed by atoms with Crippen molar-refractivity contribution in [1.29, 1.82) is 0 Å². The highest BCUT2D eigenvalue weighted by atomic mass is 18.2. The quantitative estimate of drug-likeness (QED) is 0.638. The second-order valence-corrected chi connectivity index (χ2v) is 3.30. The van der Waals surface area contributed by atoms with Crippen LogP contribution in [0.5, 0.6) is 0 Å². The summed E-state index contributed by atoms with van der Waals surface area (Å²) < 4.78 is 12.6. The van der Waals surface area contributed by atoms with Gasteiger partial charge in [-0.1, -0.05) is 54.6 Å². The van der Waals surface area contributed by atoms with Gasteiger partial charge < -0.3 is 0 Å². The van der Waals surface area contributed by atoms with E-state index in [1.807, 2.05) is 42.5 Å². The second kappa shape index (κ2) is 4.56. The monoisotopic (exact) mass is 197 g/mol. The van der Waals surface area contributed by atoms with Crippen molar-refractivity contribution in [3.63, 3.8) is 0 Å². The molecule has 2 rings (SSSR count). The van der Waals surface area contributed by atoms with Crippen molar-refractivity contribution >= 4 is 12.2 Å². The minimum absolute atomic E-state index is 0.202. The summed E-state index contributed by atoms with van der Waals surface area (Å²) in [5.74, 6) is -0.202. The molecule has 15 heavy (non-hydrogen) atoms. The largest absolute Gasteiger partial charge is 0.207 e. The molecule has 0 bridgehead atoms. The molecule has 0 spiro atoms. The van der Waals surface area contributed by atoms with Gasteiger partial charge in [0.15, 0.2) is 0 Å². The first-order chi connectivity index (χ1) is 7.34. The molecular formula is C14H11F. The standard InChI is InChI=1S/C14H11F/c15-14-10-8-13(9-11-14)7-6-12-4-2-1-3-5-12/h1-11H/b7-6+/i15-1. The van der Waals surface area contributed by atoms with Crippen molar-refractivity contribution in [3.05, 3.63) is 71.5 Å². The van der Waals surface area contributed by atoms with Gasteiger partial charge in [-0.3, -0.25) is 0 Å². The van der Waals surface area contributed by atoms with E-state index in [2.05, 4.69) is 0 Å². The highest BCUT2D eigenvalue weighted by Crippen LogP contribution is 2.08. The number of hydrogen-bond donors (Lipinski definition) is 0. The molecule has 0 amide bonds. The van der Waals surface area contributed by atoms with Crippen LogP contribution in [0.1, 0.15) is 11.1 Å². The fourth-order valence-corrected chi connectivity index (χ4v) is 1.33. The maximum absolute atomic E-state index is 12.6. The van der Waals surface area contributed by atoms with Crippen LogP contribution >= 0.6 is 0 Å². The van der Waals surface area contributed by atoms with Gasteiger partial charge in [-0.15, -0.1) is 0 Å². The minimum atomic E-state index is -0.202. The number of rotatable bonds is 2. The molecule has 2 aromatic rings. The van der Waals surface area contributed by atoms with Crippen molar-refractivity contribution in [2.45, 2.75) is 0 Å². The molecule has 0 atom stereocenters. The van der Waals surface area contributed by atoms with Crippen LogP contribution < -0.4 is 0 Å². The van der Waals surface area contributed by atoms with Gasteiger partial charge in [0, 0.05) is 0 Å². The number of benzene rings is 2. The Morgan fingerprint density at radius 1 is 0.667 bits per heavy atom. The zero-order valence-corrected chi connectivity index (χ0v) is 8.23. The third-order valence-corrected chi connectivity index (χ3v) is 2.14. The van der Waals surface area contributed by atoms with Crippen LogP contribution in [0.2, 0.25) is 0 Å². The Hall–Kier alpha value is -1.89. The van der Waals surface area contributed by atoms with Gasteiger partial charge in [-0.2, -0.15) is 0 Å². The first-order valence-electron chi connectivity index (χ1n) is 4.83. The van der Waals surface area contributed by atoms with E-state index in [-0.39, 0.29) is 5.82 Å². The highest BCUT2D eigenvalue weighted by molar-refractivity contribution is 5.69. The van der Waals surface area contributed by atoms with E-state index < -0.39 is 0 Å². The lowest BCUT2D eigenvalue weighted by Gasteiger charge is -1.93.